The monoisotopic (exact) mass is 360 g/mol. The molecule has 0 aromatic carbocycles. The van der Waals surface area contributed by atoms with E-state index in [0.29, 0.717) is 28.1 Å². The molecule has 2 heterocycles. The van der Waals surface area contributed by atoms with Crippen LogP contribution < -0.4 is 10.6 Å². The van der Waals surface area contributed by atoms with Crippen molar-refractivity contribution in [3.63, 3.8) is 0 Å². The summed E-state index contributed by atoms with van der Waals surface area (Å²) in [5.74, 6) is 0.275. The fraction of sp³-hybridized carbons (Fsp3) is 0.182. The average Bonchev–Trinajstić information content (AvgIpc) is 2.77. The van der Waals surface area contributed by atoms with Gasteiger partial charge in [-0.25, -0.2) is 9.97 Å². The quantitative estimate of drug-likeness (QED) is 0.872. The van der Waals surface area contributed by atoms with Crippen molar-refractivity contribution in [3.8, 4) is 0 Å². The van der Waals surface area contributed by atoms with E-state index in [1.54, 1.807) is 12.3 Å². The van der Waals surface area contributed by atoms with Crippen LogP contribution in [0, 0.1) is 0 Å². The minimum Gasteiger partial charge on any atom is -0.369 e. The third kappa shape index (κ3) is 3.65. The number of rotatable bonds is 4. The molecule has 0 unspecified atom stereocenters. The van der Waals surface area contributed by atoms with Crippen LogP contribution in [0.4, 0.5) is 10.9 Å². The Morgan fingerprint density at radius 1 is 1.47 bits per heavy atom. The zero-order chi connectivity index (χ0) is 13.8. The van der Waals surface area contributed by atoms with Gasteiger partial charge in [-0.1, -0.05) is 22.9 Å². The lowest BCUT2D eigenvalue weighted by molar-refractivity contribution is 0.102. The van der Waals surface area contributed by atoms with Crippen molar-refractivity contribution in [3.05, 3.63) is 32.8 Å². The van der Waals surface area contributed by atoms with Gasteiger partial charge >= 0.3 is 0 Å². The number of nitrogens with zero attached hydrogens (tertiary/aromatic N) is 2. The van der Waals surface area contributed by atoms with Crippen LogP contribution in [0.5, 0.6) is 0 Å². The van der Waals surface area contributed by atoms with Crippen LogP contribution in [-0.4, -0.2) is 22.4 Å². The molecule has 0 aliphatic rings. The number of nitrogens with one attached hydrogen (secondary N) is 2. The molecule has 2 N–H and O–H groups in total. The highest BCUT2D eigenvalue weighted by atomic mass is 79.9. The molecule has 0 saturated heterocycles. The molecule has 0 radical (unpaired) electrons. The van der Waals surface area contributed by atoms with Gasteiger partial charge in [0.1, 0.15) is 5.82 Å². The number of pyridine rings is 1. The summed E-state index contributed by atoms with van der Waals surface area (Å²) in [7, 11) is 0. The Kier molecular flexibility index (Phi) is 4.73. The highest BCUT2D eigenvalue weighted by molar-refractivity contribution is 9.11. The average molecular weight is 362 g/mol. The summed E-state index contributed by atoms with van der Waals surface area (Å²) in [4.78, 5) is 20.1. The number of anilines is 2. The van der Waals surface area contributed by atoms with Gasteiger partial charge in [0.05, 0.1) is 20.6 Å². The smallest absolute Gasteiger partial charge is 0.259 e. The summed E-state index contributed by atoms with van der Waals surface area (Å²) in [6.07, 6.45) is 3.10. The molecule has 0 atom stereocenters. The molecule has 2 rings (SSSR count). The number of halogens is 2. The molecule has 0 spiro atoms. The Balaban J connectivity index is 2.13. The molecular weight excluding hydrogens is 352 g/mol. The van der Waals surface area contributed by atoms with E-state index in [9.17, 15) is 4.79 Å². The third-order valence-corrected chi connectivity index (χ3v) is 3.83. The summed E-state index contributed by atoms with van der Waals surface area (Å²) < 4.78 is 0.849. The molecule has 0 saturated carbocycles. The molecule has 2 aromatic rings. The number of hydrogen-bond acceptors (Lipinski definition) is 5. The summed E-state index contributed by atoms with van der Waals surface area (Å²) >= 11 is 10.6. The van der Waals surface area contributed by atoms with Crippen LogP contribution in [-0.2, 0) is 0 Å². The predicted octanol–water partition coefficient (Wildman–Crippen LogP) is 3.64. The van der Waals surface area contributed by atoms with Gasteiger partial charge in [-0.05, 0) is 28.9 Å². The predicted molar refractivity (Wildman–Crippen MR) is 81.2 cm³/mol. The Morgan fingerprint density at radius 2 is 2.26 bits per heavy atom. The van der Waals surface area contributed by atoms with E-state index >= 15 is 0 Å². The molecule has 19 heavy (non-hydrogen) atoms. The first kappa shape index (κ1) is 14.2. The van der Waals surface area contributed by atoms with E-state index < -0.39 is 0 Å². The maximum atomic E-state index is 12.0. The van der Waals surface area contributed by atoms with Crippen molar-refractivity contribution >= 4 is 55.7 Å². The van der Waals surface area contributed by atoms with E-state index in [-0.39, 0.29) is 5.91 Å². The lowest BCUT2D eigenvalue weighted by Crippen LogP contribution is -2.12. The van der Waals surface area contributed by atoms with E-state index in [1.165, 1.54) is 17.5 Å². The second kappa shape index (κ2) is 6.31. The standard InChI is InChI=1S/C11H10BrClN4OS/c1-2-14-9-7(13)3-6(4-15-9)10(18)17-11-16-5-8(12)19-11/h3-5H,2H2,1H3,(H,14,15)(H,16,17,18). The number of carbonyl (C=O) groups excluding carboxylic acids is 1. The van der Waals surface area contributed by atoms with Gasteiger partial charge in [0, 0.05) is 12.7 Å². The van der Waals surface area contributed by atoms with Crippen LogP contribution >= 0.6 is 38.9 Å². The van der Waals surface area contributed by atoms with Crippen LogP contribution in [0.3, 0.4) is 0 Å². The molecule has 0 fully saturated rings. The van der Waals surface area contributed by atoms with Crippen LogP contribution in [0.2, 0.25) is 5.02 Å². The van der Waals surface area contributed by atoms with Crippen molar-refractivity contribution < 1.29 is 4.79 Å². The first-order valence-electron chi connectivity index (χ1n) is 5.42. The van der Waals surface area contributed by atoms with Gasteiger partial charge in [-0.15, -0.1) is 0 Å². The first-order chi connectivity index (χ1) is 9.10. The molecule has 8 heteroatoms. The Morgan fingerprint density at radius 3 is 2.84 bits per heavy atom. The van der Waals surface area contributed by atoms with E-state index in [0.717, 1.165) is 3.79 Å². The largest absolute Gasteiger partial charge is 0.369 e. The van der Waals surface area contributed by atoms with Crippen LogP contribution in [0.1, 0.15) is 17.3 Å². The molecule has 1 amide bonds. The first-order valence-corrected chi connectivity index (χ1v) is 7.41. The number of thiazole rings is 1. The number of carbonyl (C=O) groups is 1. The second-order valence-electron chi connectivity index (χ2n) is 3.51. The summed E-state index contributed by atoms with van der Waals surface area (Å²) in [5.41, 5.74) is 0.387. The molecule has 0 aliphatic heterocycles. The minimum absolute atomic E-state index is 0.292. The molecular formula is C11H10BrClN4OS. The van der Waals surface area contributed by atoms with Crippen LogP contribution in [0.15, 0.2) is 22.2 Å². The van der Waals surface area contributed by atoms with Gasteiger partial charge in [-0.3, -0.25) is 10.1 Å². The fourth-order valence-electron chi connectivity index (χ4n) is 1.34. The fourth-order valence-corrected chi connectivity index (χ4v) is 2.68. The zero-order valence-electron chi connectivity index (χ0n) is 9.91. The maximum Gasteiger partial charge on any atom is 0.259 e. The minimum atomic E-state index is -0.292. The summed E-state index contributed by atoms with van der Waals surface area (Å²) in [6.45, 7) is 2.66. The number of hydrogen-bond donors (Lipinski definition) is 2. The SMILES string of the molecule is CCNc1ncc(C(=O)Nc2ncc(Br)s2)cc1Cl. The zero-order valence-corrected chi connectivity index (χ0v) is 13.1. The van der Waals surface area contributed by atoms with Crippen molar-refractivity contribution in [1.29, 1.82) is 0 Å². The molecule has 5 nitrogen and oxygen atoms in total. The second-order valence-corrected chi connectivity index (χ2v) is 6.33. The molecule has 0 aliphatic carbocycles. The highest BCUT2D eigenvalue weighted by Gasteiger charge is 2.11. The van der Waals surface area contributed by atoms with Gasteiger partial charge in [-0.2, -0.15) is 0 Å². The van der Waals surface area contributed by atoms with Crippen molar-refractivity contribution in [2.75, 3.05) is 17.2 Å². The number of amides is 1. The lowest BCUT2D eigenvalue weighted by atomic mass is 10.2. The van der Waals surface area contributed by atoms with E-state index in [1.807, 2.05) is 6.92 Å². The normalized spacial score (nSPS) is 10.3. The lowest BCUT2D eigenvalue weighted by Gasteiger charge is -2.06. The Labute approximate surface area is 127 Å². The van der Waals surface area contributed by atoms with Gasteiger partial charge in [0.15, 0.2) is 5.13 Å². The van der Waals surface area contributed by atoms with E-state index in [4.69, 9.17) is 11.6 Å². The van der Waals surface area contributed by atoms with Gasteiger partial charge in [0.25, 0.3) is 5.91 Å². The Bertz CT molecular complexity index is 604. The summed E-state index contributed by atoms with van der Waals surface area (Å²) in [5, 5.41) is 6.61. The number of aromatic nitrogens is 2. The van der Waals surface area contributed by atoms with Crippen molar-refractivity contribution in [2.45, 2.75) is 6.92 Å². The van der Waals surface area contributed by atoms with Crippen molar-refractivity contribution in [1.82, 2.24) is 9.97 Å². The molecule has 0 bridgehead atoms. The molecule has 2 aromatic heterocycles. The van der Waals surface area contributed by atoms with Crippen LogP contribution in [0.25, 0.3) is 0 Å². The van der Waals surface area contributed by atoms with Gasteiger partial charge < -0.3 is 5.32 Å². The third-order valence-electron chi connectivity index (χ3n) is 2.15. The molecule has 100 valence electrons. The highest BCUT2D eigenvalue weighted by Crippen LogP contribution is 2.24. The Hall–Kier alpha value is -1.18. The topological polar surface area (TPSA) is 66.9 Å². The summed E-state index contributed by atoms with van der Waals surface area (Å²) in [6, 6.07) is 1.57. The van der Waals surface area contributed by atoms with Crippen molar-refractivity contribution in [2.24, 2.45) is 0 Å². The maximum absolute atomic E-state index is 12.0. The van der Waals surface area contributed by atoms with E-state index in [2.05, 4.69) is 36.5 Å². The van der Waals surface area contributed by atoms with Gasteiger partial charge in [0.2, 0.25) is 0 Å².